The highest BCUT2D eigenvalue weighted by Gasteiger charge is 2.17. The molecule has 0 spiro atoms. The Morgan fingerprint density at radius 2 is 1.89 bits per heavy atom. The Morgan fingerprint density at radius 3 is 2.39 bits per heavy atom. The van der Waals surface area contributed by atoms with E-state index >= 15 is 0 Å². The molecule has 0 aliphatic rings. The van der Waals surface area contributed by atoms with Gasteiger partial charge in [-0.05, 0) is 37.1 Å². The molecule has 0 radical (unpaired) electrons. The normalized spacial score (nSPS) is 11.5. The third kappa shape index (κ3) is 2.56. The fourth-order valence-electron chi connectivity index (χ4n) is 1.65. The van der Waals surface area contributed by atoms with Gasteiger partial charge in [0.1, 0.15) is 4.90 Å². The number of sulfonamides is 1. The van der Waals surface area contributed by atoms with Crippen LogP contribution < -0.4 is 4.72 Å². The molecular weight excluding hydrogens is 318 g/mol. The Labute approximate surface area is 114 Å². The zero-order valence-corrected chi connectivity index (χ0v) is 12.3. The minimum absolute atomic E-state index is 0.115. The van der Waals surface area contributed by atoms with Crippen LogP contribution >= 0.6 is 15.9 Å². The third-order valence-electron chi connectivity index (χ3n) is 2.52. The Hall–Kier alpha value is -1.34. The molecule has 0 aliphatic heterocycles. The molecule has 0 bridgehead atoms. The van der Waals surface area contributed by atoms with Crippen LogP contribution in [0.15, 0.2) is 33.9 Å². The number of aromatic nitrogens is 2. The van der Waals surface area contributed by atoms with Crippen molar-refractivity contribution in [1.29, 1.82) is 0 Å². The maximum Gasteiger partial charge on any atom is 0.265 e. The molecule has 5 nitrogen and oxygen atoms in total. The number of H-pyrrole nitrogens is 1. The second kappa shape index (κ2) is 4.74. The van der Waals surface area contributed by atoms with E-state index in [9.17, 15) is 8.42 Å². The summed E-state index contributed by atoms with van der Waals surface area (Å²) >= 11 is 3.37. The first kappa shape index (κ1) is 13.1. The van der Waals surface area contributed by atoms with Gasteiger partial charge in [-0.15, -0.1) is 0 Å². The summed E-state index contributed by atoms with van der Waals surface area (Å²) in [7, 11) is -3.59. The van der Waals surface area contributed by atoms with Crippen LogP contribution in [0.4, 0.5) is 5.69 Å². The summed E-state index contributed by atoms with van der Waals surface area (Å²) in [5, 5.41) is 6.12. The number of aryl methyl sites for hydroxylation is 2. The van der Waals surface area contributed by atoms with Crippen molar-refractivity contribution >= 4 is 31.6 Å². The van der Waals surface area contributed by atoms with Crippen molar-refractivity contribution in [2.45, 2.75) is 18.7 Å². The lowest BCUT2D eigenvalue weighted by molar-refractivity contribution is 0.601. The largest absolute Gasteiger partial charge is 0.284 e. The first-order valence-corrected chi connectivity index (χ1v) is 7.46. The highest BCUT2D eigenvalue weighted by molar-refractivity contribution is 9.10. The Kier molecular flexibility index (Phi) is 3.45. The maximum atomic E-state index is 12.1. The van der Waals surface area contributed by atoms with Crippen LogP contribution in [0.5, 0.6) is 0 Å². The number of hydrogen-bond donors (Lipinski definition) is 2. The van der Waals surface area contributed by atoms with Gasteiger partial charge in [0, 0.05) is 10.7 Å². The van der Waals surface area contributed by atoms with Crippen molar-refractivity contribution in [2.75, 3.05) is 4.72 Å². The number of benzene rings is 1. The molecule has 18 heavy (non-hydrogen) atoms. The molecule has 0 saturated carbocycles. The summed E-state index contributed by atoms with van der Waals surface area (Å²) in [6, 6.07) is 3.72. The van der Waals surface area contributed by atoms with Crippen molar-refractivity contribution in [1.82, 2.24) is 10.2 Å². The quantitative estimate of drug-likeness (QED) is 0.908. The van der Waals surface area contributed by atoms with E-state index in [-0.39, 0.29) is 4.90 Å². The van der Waals surface area contributed by atoms with Crippen LogP contribution in [0, 0.1) is 13.8 Å². The van der Waals surface area contributed by atoms with Gasteiger partial charge in [0.2, 0.25) is 0 Å². The van der Waals surface area contributed by atoms with Crippen molar-refractivity contribution in [2.24, 2.45) is 0 Å². The topological polar surface area (TPSA) is 74.8 Å². The lowest BCUT2D eigenvalue weighted by Crippen LogP contribution is -2.14. The molecule has 2 rings (SSSR count). The lowest BCUT2D eigenvalue weighted by Gasteiger charge is -2.12. The molecule has 0 saturated heterocycles. The van der Waals surface area contributed by atoms with Gasteiger partial charge in [-0.2, -0.15) is 5.10 Å². The van der Waals surface area contributed by atoms with Crippen LogP contribution in [0.25, 0.3) is 0 Å². The second-order valence-electron chi connectivity index (χ2n) is 3.95. The van der Waals surface area contributed by atoms with Crippen LogP contribution in [-0.2, 0) is 10.0 Å². The van der Waals surface area contributed by atoms with E-state index < -0.39 is 10.0 Å². The molecule has 1 aromatic heterocycles. The SMILES string of the molecule is Cc1cc(Br)cc(C)c1NS(=O)(=O)c1cn[nH]c1. The lowest BCUT2D eigenvalue weighted by atomic mass is 10.1. The first-order chi connectivity index (χ1) is 8.40. The van der Waals surface area contributed by atoms with Crippen LogP contribution in [0.2, 0.25) is 0 Å². The van der Waals surface area contributed by atoms with E-state index in [2.05, 4.69) is 30.8 Å². The number of aromatic amines is 1. The maximum absolute atomic E-state index is 12.1. The molecule has 2 N–H and O–H groups in total. The average Bonchev–Trinajstić information content (AvgIpc) is 2.77. The van der Waals surface area contributed by atoms with Crippen molar-refractivity contribution in [3.8, 4) is 0 Å². The highest BCUT2D eigenvalue weighted by Crippen LogP contribution is 2.27. The van der Waals surface area contributed by atoms with Gasteiger partial charge in [-0.3, -0.25) is 9.82 Å². The van der Waals surface area contributed by atoms with E-state index in [0.29, 0.717) is 5.69 Å². The summed E-state index contributed by atoms with van der Waals surface area (Å²) in [6.07, 6.45) is 2.61. The van der Waals surface area contributed by atoms with Gasteiger partial charge in [0.15, 0.2) is 0 Å². The Balaban J connectivity index is 2.42. The first-order valence-electron chi connectivity index (χ1n) is 5.18. The molecule has 0 unspecified atom stereocenters. The minimum Gasteiger partial charge on any atom is -0.284 e. The summed E-state index contributed by atoms with van der Waals surface area (Å²) in [5.41, 5.74) is 2.31. The second-order valence-corrected chi connectivity index (χ2v) is 6.55. The molecule has 0 fully saturated rings. The van der Waals surface area contributed by atoms with Crippen molar-refractivity contribution in [3.63, 3.8) is 0 Å². The van der Waals surface area contributed by atoms with Crippen molar-refractivity contribution in [3.05, 3.63) is 40.1 Å². The number of hydrogen-bond acceptors (Lipinski definition) is 3. The van der Waals surface area contributed by atoms with Gasteiger partial charge < -0.3 is 0 Å². The minimum atomic E-state index is -3.59. The summed E-state index contributed by atoms with van der Waals surface area (Å²) < 4.78 is 27.6. The summed E-state index contributed by atoms with van der Waals surface area (Å²) in [4.78, 5) is 0.115. The van der Waals surface area contributed by atoms with E-state index in [1.807, 2.05) is 26.0 Å². The van der Waals surface area contributed by atoms with Gasteiger partial charge in [-0.1, -0.05) is 15.9 Å². The predicted octanol–water partition coefficient (Wildman–Crippen LogP) is 2.59. The van der Waals surface area contributed by atoms with Crippen LogP contribution in [-0.4, -0.2) is 18.6 Å². The number of nitrogens with zero attached hydrogens (tertiary/aromatic N) is 1. The smallest absolute Gasteiger partial charge is 0.265 e. The summed E-state index contributed by atoms with van der Waals surface area (Å²) in [6.45, 7) is 3.70. The average molecular weight is 330 g/mol. The van der Waals surface area contributed by atoms with Gasteiger partial charge >= 0.3 is 0 Å². The number of halogens is 1. The molecule has 0 amide bonds. The predicted molar refractivity (Wildman–Crippen MR) is 73.0 cm³/mol. The van der Waals surface area contributed by atoms with Gasteiger partial charge in [-0.25, -0.2) is 8.42 Å². The van der Waals surface area contributed by atoms with Gasteiger partial charge in [0.25, 0.3) is 10.0 Å². The standard InChI is InChI=1S/C11H12BrN3O2S/c1-7-3-9(12)4-8(2)11(7)15-18(16,17)10-5-13-14-6-10/h3-6,15H,1-2H3,(H,13,14). The van der Waals surface area contributed by atoms with Crippen molar-refractivity contribution < 1.29 is 8.42 Å². The third-order valence-corrected chi connectivity index (χ3v) is 4.29. The molecule has 0 atom stereocenters. The van der Waals surface area contributed by atoms with Gasteiger partial charge in [0.05, 0.1) is 11.9 Å². The number of nitrogens with one attached hydrogen (secondary N) is 2. The van der Waals surface area contributed by atoms with E-state index in [0.717, 1.165) is 15.6 Å². The fraction of sp³-hybridized carbons (Fsp3) is 0.182. The number of rotatable bonds is 3. The molecule has 2 aromatic rings. The molecule has 1 heterocycles. The monoisotopic (exact) mass is 329 g/mol. The molecular formula is C11H12BrN3O2S. The summed E-state index contributed by atoms with van der Waals surface area (Å²) in [5.74, 6) is 0. The fourth-order valence-corrected chi connectivity index (χ4v) is 3.45. The number of anilines is 1. The zero-order chi connectivity index (χ0) is 13.3. The van der Waals surface area contributed by atoms with E-state index in [1.54, 1.807) is 0 Å². The van der Waals surface area contributed by atoms with Crippen LogP contribution in [0.1, 0.15) is 11.1 Å². The van der Waals surface area contributed by atoms with Crippen LogP contribution in [0.3, 0.4) is 0 Å². The van der Waals surface area contributed by atoms with E-state index in [1.165, 1.54) is 12.4 Å². The molecule has 0 aliphatic carbocycles. The zero-order valence-electron chi connectivity index (χ0n) is 9.86. The Morgan fingerprint density at radius 1 is 1.28 bits per heavy atom. The highest BCUT2D eigenvalue weighted by atomic mass is 79.9. The Bertz CT molecular complexity index is 643. The molecule has 1 aromatic carbocycles. The van der Waals surface area contributed by atoms with E-state index in [4.69, 9.17) is 0 Å². The molecule has 96 valence electrons. The molecule has 7 heteroatoms.